The van der Waals surface area contributed by atoms with Gasteiger partial charge in [0, 0.05) is 15.6 Å². The second kappa shape index (κ2) is 7.03. The van der Waals surface area contributed by atoms with Crippen LogP contribution in [0.5, 0.6) is 11.5 Å². The van der Waals surface area contributed by atoms with Crippen molar-refractivity contribution in [2.75, 3.05) is 14.2 Å². The van der Waals surface area contributed by atoms with Gasteiger partial charge in [0.1, 0.15) is 0 Å². The molecule has 0 aliphatic rings. The molecule has 0 bridgehead atoms. The molecule has 21 heavy (non-hydrogen) atoms. The molecule has 0 radical (unpaired) electrons. The van der Waals surface area contributed by atoms with Gasteiger partial charge >= 0.3 is 0 Å². The molecule has 0 aliphatic heterocycles. The molecule has 2 aromatic carbocycles. The summed E-state index contributed by atoms with van der Waals surface area (Å²) in [5, 5.41) is 0.633. The summed E-state index contributed by atoms with van der Waals surface area (Å²) in [7, 11) is 3.21. The van der Waals surface area contributed by atoms with Crippen LogP contribution in [0.1, 0.15) is 21.5 Å². The molecule has 112 valence electrons. The minimum atomic E-state index is -0.0256. The summed E-state index contributed by atoms with van der Waals surface area (Å²) in [6.07, 6.45) is 0. The van der Waals surface area contributed by atoms with Gasteiger partial charge in [-0.3, -0.25) is 0 Å². The average molecular weight is 435 g/mol. The third-order valence-corrected chi connectivity index (χ3v) is 5.10. The number of halogens is 3. The maximum atomic E-state index is 6.40. The summed E-state index contributed by atoms with van der Waals surface area (Å²) < 4.78 is 11.7. The van der Waals surface area contributed by atoms with E-state index < -0.39 is 0 Å². The standard InChI is InChI=1S/C16H15Br2ClO2/c1-9-4-5-10(17)6-11(9)16(18)12-7-14(20-2)15(21-3)8-13(12)19/h4-8,16H,1-3H3. The summed E-state index contributed by atoms with van der Waals surface area (Å²) in [5.41, 5.74) is 3.28. The predicted octanol–water partition coefficient (Wildman–Crippen LogP) is 5.91. The Hall–Kier alpha value is -0.710. The molecule has 1 atom stereocenters. The van der Waals surface area contributed by atoms with Crippen LogP contribution in [-0.2, 0) is 0 Å². The molecule has 0 aliphatic carbocycles. The zero-order valence-corrected chi connectivity index (χ0v) is 15.8. The van der Waals surface area contributed by atoms with E-state index in [9.17, 15) is 0 Å². The lowest BCUT2D eigenvalue weighted by molar-refractivity contribution is 0.354. The highest BCUT2D eigenvalue weighted by Gasteiger charge is 2.19. The number of hydrogen-bond donors (Lipinski definition) is 0. The molecule has 0 fully saturated rings. The zero-order chi connectivity index (χ0) is 15.6. The van der Waals surface area contributed by atoms with Crippen LogP contribution in [0.15, 0.2) is 34.8 Å². The second-order valence-electron chi connectivity index (χ2n) is 4.59. The van der Waals surface area contributed by atoms with Crippen molar-refractivity contribution in [3.05, 3.63) is 56.5 Å². The first-order valence-electron chi connectivity index (χ1n) is 6.29. The average Bonchev–Trinajstić information content (AvgIpc) is 2.48. The SMILES string of the molecule is COc1cc(Cl)c(C(Br)c2cc(Br)ccc2C)cc1OC. The van der Waals surface area contributed by atoms with Gasteiger partial charge in [-0.1, -0.05) is 49.5 Å². The molecule has 2 rings (SSSR count). The smallest absolute Gasteiger partial charge is 0.162 e. The molecular weight excluding hydrogens is 419 g/mol. The normalized spacial score (nSPS) is 12.1. The molecule has 0 heterocycles. The lowest BCUT2D eigenvalue weighted by atomic mass is 10.00. The number of aryl methyl sites for hydroxylation is 1. The third kappa shape index (κ3) is 3.55. The van der Waals surface area contributed by atoms with Gasteiger partial charge in [-0.2, -0.15) is 0 Å². The Bertz CT molecular complexity index is 659. The van der Waals surface area contributed by atoms with Gasteiger partial charge in [0.05, 0.1) is 19.0 Å². The fourth-order valence-electron chi connectivity index (χ4n) is 2.12. The monoisotopic (exact) mass is 432 g/mol. The Morgan fingerprint density at radius 3 is 2.24 bits per heavy atom. The molecular formula is C16H15Br2ClO2. The van der Waals surface area contributed by atoms with E-state index in [2.05, 4.69) is 50.9 Å². The first-order chi connectivity index (χ1) is 9.97. The fraction of sp³-hybridized carbons (Fsp3) is 0.250. The van der Waals surface area contributed by atoms with Crippen molar-refractivity contribution >= 4 is 43.5 Å². The summed E-state index contributed by atoms with van der Waals surface area (Å²) in [6.45, 7) is 2.07. The molecule has 0 saturated heterocycles. The van der Waals surface area contributed by atoms with Crippen LogP contribution in [0.4, 0.5) is 0 Å². The Balaban J connectivity index is 2.52. The predicted molar refractivity (Wildman–Crippen MR) is 94.2 cm³/mol. The van der Waals surface area contributed by atoms with E-state index in [0.29, 0.717) is 16.5 Å². The van der Waals surface area contributed by atoms with Crippen molar-refractivity contribution in [3.8, 4) is 11.5 Å². The maximum Gasteiger partial charge on any atom is 0.162 e. The van der Waals surface area contributed by atoms with Crippen LogP contribution in [0.2, 0.25) is 5.02 Å². The van der Waals surface area contributed by atoms with E-state index in [-0.39, 0.29) is 4.83 Å². The van der Waals surface area contributed by atoms with Crippen LogP contribution >= 0.6 is 43.5 Å². The van der Waals surface area contributed by atoms with Crippen molar-refractivity contribution in [1.29, 1.82) is 0 Å². The van der Waals surface area contributed by atoms with Gasteiger partial charge in [-0.05, 0) is 41.8 Å². The van der Waals surface area contributed by atoms with Gasteiger partial charge in [0.15, 0.2) is 11.5 Å². The summed E-state index contributed by atoms with van der Waals surface area (Å²) >= 11 is 13.6. The van der Waals surface area contributed by atoms with Crippen LogP contribution in [-0.4, -0.2) is 14.2 Å². The lowest BCUT2D eigenvalue weighted by Crippen LogP contribution is -1.99. The summed E-state index contributed by atoms with van der Waals surface area (Å²) in [4.78, 5) is -0.0256. The zero-order valence-electron chi connectivity index (χ0n) is 11.9. The maximum absolute atomic E-state index is 6.40. The van der Waals surface area contributed by atoms with Crippen molar-refractivity contribution < 1.29 is 9.47 Å². The number of hydrogen-bond acceptors (Lipinski definition) is 2. The number of ether oxygens (including phenoxy) is 2. The number of methoxy groups -OCH3 is 2. The number of benzene rings is 2. The first kappa shape index (κ1) is 16.7. The molecule has 1 unspecified atom stereocenters. The summed E-state index contributed by atoms with van der Waals surface area (Å²) in [5.74, 6) is 1.28. The third-order valence-electron chi connectivity index (χ3n) is 3.29. The van der Waals surface area contributed by atoms with Crippen molar-refractivity contribution in [1.82, 2.24) is 0 Å². The van der Waals surface area contributed by atoms with Crippen LogP contribution in [0.3, 0.4) is 0 Å². The molecule has 0 saturated carbocycles. The Morgan fingerprint density at radius 1 is 1.00 bits per heavy atom. The van der Waals surface area contributed by atoms with Crippen LogP contribution < -0.4 is 9.47 Å². The van der Waals surface area contributed by atoms with Gasteiger partial charge in [-0.25, -0.2) is 0 Å². The first-order valence-corrected chi connectivity index (χ1v) is 8.38. The topological polar surface area (TPSA) is 18.5 Å². The van der Waals surface area contributed by atoms with Crippen LogP contribution in [0.25, 0.3) is 0 Å². The molecule has 0 aromatic heterocycles. The van der Waals surface area contributed by atoms with E-state index in [1.54, 1.807) is 20.3 Å². The van der Waals surface area contributed by atoms with E-state index in [0.717, 1.165) is 15.6 Å². The fourth-order valence-corrected chi connectivity index (χ4v) is 3.76. The molecule has 0 spiro atoms. The number of rotatable bonds is 4. The van der Waals surface area contributed by atoms with E-state index in [4.69, 9.17) is 21.1 Å². The van der Waals surface area contributed by atoms with E-state index >= 15 is 0 Å². The van der Waals surface area contributed by atoms with Gasteiger partial charge < -0.3 is 9.47 Å². The highest BCUT2D eigenvalue weighted by atomic mass is 79.9. The van der Waals surface area contributed by atoms with Gasteiger partial charge in [-0.15, -0.1) is 0 Å². The second-order valence-corrected chi connectivity index (χ2v) is 6.83. The molecule has 2 aromatic rings. The van der Waals surface area contributed by atoms with Crippen LogP contribution in [0, 0.1) is 6.92 Å². The van der Waals surface area contributed by atoms with Gasteiger partial charge in [0.25, 0.3) is 0 Å². The highest BCUT2D eigenvalue weighted by Crippen LogP contribution is 2.42. The quantitative estimate of drug-likeness (QED) is 0.557. The highest BCUT2D eigenvalue weighted by molar-refractivity contribution is 9.10. The minimum absolute atomic E-state index is 0.0256. The number of alkyl halides is 1. The van der Waals surface area contributed by atoms with Crippen molar-refractivity contribution in [3.63, 3.8) is 0 Å². The van der Waals surface area contributed by atoms with Crippen molar-refractivity contribution in [2.24, 2.45) is 0 Å². The lowest BCUT2D eigenvalue weighted by Gasteiger charge is -2.18. The van der Waals surface area contributed by atoms with E-state index in [1.165, 1.54) is 5.56 Å². The van der Waals surface area contributed by atoms with Gasteiger partial charge in [0.2, 0.25) is 0 Å². The molecule has 0 N–H and O–H groups in total. The molecule has 2 nitrogen and oxygen atoms in total. The molecule has 5 heteroatoms. The minimum Gasteiger partial charge on any atom is -0.493 e. The largest absolute Gasteiger partial charge is 0.493 e. The summed E-state index contributed by atoms with van der Waals surface area (Å²) in [6, 6.07) is 9.86. The Kier molecular flexibility index (Phi) is 5.58. The Labute approximate surface area is 146 Å². The Morgan fingerprint density at radius 2 is 1.62 bits per heavy atom. The van der Waals surface area contributed by atoms with E-state index in [1.807, 2.05) is 12.1 Å². The molecule has 0 amide bonds. The van der Waals surface area contributed by atoms with Crippen molar-refractivity contribution in [2.45, 2.75) is 11.8 Å².